The Hall–Kier alpha value is -2.71. The lowest BCUT2D eigenvalue weighted by atomic mass is 10.3. The van der Waals surface area contributed by atoms with Crippen LogP contribution < -0.4 is 0 Å². The van der Waals surface area contributed by atoms with Gasteiger partial charge in [-0.3, -0.25) is 19.8 Å². The number of carboxylic acid groups (broad SMARTS) is 4. The molecule has 0 aromatic heterocycles. The van der Waals surface area contributed by atoms with Gasteiger partial charge in [0.15, 0.2) is 0 Å². The lowest BCUT2D eigenvalue weighted by Gasteiger charge is -1.89. The maximum atomic E-state index is 9.75. The van der Waals surface area contributed by atoms with Crippen LogP contribution in [-0.2, 0) is 19.2 Å². The Labute approximate surface area is 114 Å². The zero-order chi connectivity index (χ0) is 16.7. The highest BCUT2D eigenvalue weighted by molar-refractivity contribution is 6.37. The highest BCUT2D eigenvalue weighted by Crippen LogP contribution is 1.86. The Morgan fingerprint density at radius 3 is 1.35 bits per heavy atom. The van der Waals surface area contributed by atoms with Crippen LogP contribution in [0.4, 0.5) is 0 Å². The lowest BCUT2D eigenvalue weighted by Crippen LogP contribution is -2.15. The number of nitrogens with one attached hydrogen (secondary N) is 1. The molecule has 0 unspecified atom stereocenters. The lowest BCUT2D eigenvalue weighted by molar-refractivity contribution is -0.143. The predicted molar refractivity (Wildman–Crippen MR) is 68.0 cm³/mol. The molecule has 0 aromatic carbocycles. The Balaban J connectivity index is -0.000000243. The Morgan fingerprint density at radius 1 is 0.950 bits per heavy atom. The fraction of sp³-hybridized carbons (Fsp3) is 0.364. The third kappa shape index (κ3) is 29.5. The second kappa shape index (κ2) is 14.4. The van der Waals surface area contributed by atoms with E-state index in [9.17, 15) is 19.2 Å². The monoisotopic (exact) mass is 291 g/mol. The second-order valence-corrected chi connectivity index (χ2v) is 3.05. The molecule has 9 heteroatoms. The van der Waals surface area contributed by atoms with Crippen LogP contribution in [0.15, 0.2) is 12.7 Å². The smallest absolute Gasteiger partial charge is 0.350 e. The van der Waals surface area contributed by atoms with E-state index in [1.54, 1.807) is 6.08 Å². The van der Waals surface area contributed by atoms with Crippen molar-refractivity contribution in [2.24, 2.45) is 0 Å². The summed E-state index contributed by atoms with van der Waals surface area (Å²) in [6, 6.07) is 0. The molecular weight excluding hydrogens is 274 g/mol. The van der Waals surface area contributed by atoms with E-state index in [1.807, 2.05) is 6.92 Å². The van der Waals surface area contributed by atoms with Crippen molar-refractivity contribution in [1.82, 2.24) is 0 Å². The fourth-order valence-electron chi connectivity index (χ4n) is 0.441. The summed E-state index contributed by atoms with van der Waals surface area (Å²) in [5.74, 6) is -4.94. The van der Waals surface area contributed by atoms with Crippen molar-refractivity contribution in [2.75, 3.05) is 0 Å². The summed E-state index contributed by atoms with van der Waals surface area (Å²) in [4.78, 5) is 38.7. The number of rotatable bonds is 6. The van der Waals surface area contributed by atoms with Crippen molar-refractivity contribution < 1.29 is 39.6 Å². The molecule has 0 spiro atoms. The summed E-state index contributed by atoms with van der Waals surface area (Å²) in [5, 5.41) is 38.2. The van der Waals surface area contributed by atoms with Gasteiger partial charge in [0, 0.05) is 0 Å². The van der Waals surface area contributed by atoms with Crippen LogP contribution in [0.3, 0.4) is 0 Å². The largest absolute Gasteiger partial charge is 0.481 e. The van der Waals surface area contributed by atoms with Crippen molar-refractivity contribution in [1.29, 1.82) is 5.41 Å². The molecule has 20 heavy (non-hydrogen) atoms. The summed E-state index contributed by atoms with van der Waals surface area (Å²) in [5.41, 5.74) is -0.803. The minimum atomic E-state index is -1.49. The van der Waals surface area contributed by atoms with Crippen LogP contribution in [0.25, 0.3) is 0 Å². The first-order chi connectivity index (χ1) is 9.08. The van der Waals surface area contributed by atoms with Gasteiger partial charge in [-0.05, 0) is 6.92 Å². The zero-order valence-electron chi connectivity index (χ0n) is 10.8. The SMILES string of the molecule is C=CC.N=C(CC(=O)O)C(=O)O.O=C(O)CCC(=O)O. The third-order valence-corrected chi connectivity index (χ3v) is 1.14. The molecule has 0 amide bonds. The fourth-order valence-corrected chi connectivity index (χ4v) is 0.441. The van der Waals surface area contributed by atoms with Gasteiger partial charge in [-0.1, -0.05) is 6.08 Å². The molecule has 0 aliphatic rings. The first kappa shape index (κ1) is 22.5. The van der Waals surface area contributed by atoms with Crippen LogP contribution >= 0.6 is 0 Å². The quantitative estimate of drug-likeness (QED) is 0.351. The number of carbonyl (C=O) groups is 4. The van der Waals surface area contributed by atoms with Crippen LogP contribution in [0.1, 0.15) is 26.2 Å². The van der Waals surface area contributed by atoms with Crippen LogP contribution in [0.2, 0.25) is 0 Å². The van der Waals surface area contributed by atoms with E-state index in [0.717, 1.165) is 0 Å². The van der Waals surface area contributed by atoms with E-state index < -0.39 is 36.0 Å². The van der Waals surface area contributed by atoms with Crippen molar-refractivity contribution in [3.8, 4) is 0 Å². The van der Waals surface area contributed by atoms with E-state index in [1.165, 1.54) is 0 Å². The maximum Gasteiger partial charge on any atom is 0.350 e. The van der Waals surface area contributed by atoms with Crippen LogP contribution in [0.5, 0.6) is 0 Å². The zero-order valence-corrected chi connectivity index (χ0v) is 10.8. The normalized spacial score (nSPS) is 7.85. The van der Waals surface area contributed by atoms with Gasteiger partial charge in [0.2, 0.25) is 0 Å². The molecule has 0 bridgehead atoms. The van der Waals surface area contributed by atoms with Gasteiger partial charge in [-0.15, -0.1) is 6.58 Å². The minimum Gasteiger partial charge on any atom is -0.481 e. The molecule has 0 aliphatic heterocycles. The van der Waals surface area contributed by atoms with Crippen molar-refractivity contribution >= 4 is 29.6 Å². The van der Waals surface area contributed by atoms with Crippen molar-refractivity contribution in [3.05, 3.63) is 12.7 Å². The van der Waals surface area contributed by atoms with Gasteiger partial charge in [-0.2, -0.15) is 0 Å². The van der Waals surface area contributed by atoms with E-state index in [-0.39, 0.29) is 12.8 Å². The average molecular weight is 291 g/mol. The van der Waals surface area contributed by atoms with E-state index in [0.29, 0.717) is 0 Å². The molecule has 5 N–H and O–H groups in total. The van der Waals surface area contributed by atoms with Gasteiger partial charge in [0.1, 0.15) is 5.71 Å². The van der Waals surface area contributed by atoms with Gasteiger partial charge in [0.05, 0.1) is 19.3 Å². The van der Waals surface area contributed by atoms with E-state index in [4.69, 9.17) is 25.8 Å². The average Bonchev–Trinajstić information content (AvgIpc) is 2.27. The number of hydrogen-bond donors (Lipinski definition) is 5. The highest BCUT2D eigenvalue weighted by Gasteiger charge is 2.09. The van der Waals surface area contributed by atoms with Crippen molar-refractivity contribution in [2.45, 2.75) is 26.2 Å². The number of allylic oxidation sites excluding steroid dienone is 1. The molecule has 0 atom stereocenters. The first-order valence-corrected chi connectivity index (χ1v) is 5.11. The van der Waals surface area contributed by atoms with Gasteiger partial charge in [-0.25, -0.2) is 4.79 Å². The summed E-state index contributed by atoms with van der Waals surface area (Å²) in [6.07, 6.45) is 0.431. The minimum absolute atomic E-state index is 0.296. The van der Waals surface area contributed by atoms with Crippen molar-refractivity contribution in [3.63, 3.8) is 0 Å². The predicted octanol–water partition coefficient (Wildman–Crippen LogP) is 0.694. The number of hydrogen-bond acceptors (Lipinski definition) is 5. The van der Waals surface area contributed by atoms with Crippen LogP contribution in [-0.4, -0.2) is 50.0 Å². The van der Waals surface area contributed by atoms with Gasteiger partial charge >= 0.3 is 23.9 Å². The molecule has 0 radical (unpaired) electrons. The number of carboxylic acids is 4. The van der Waals surface area contributed by atoms with E-state index >= 15 is 0 Å². The van der Waals surface area contributed by atoms with Gasteiger partial charge < -0.3 is 20.4 Å². The Kier molecular flexibility index (Phi) is 16.1. The molecule has 0 aliphatic carbocycles. The Bertz CT molecular complexity index is 361. The summed E-state index contributed by atoms with van der Waals surface area (Å²) in [6.45, 7) is 5.25. The van der Waals surface area contributed by atoms with Crippen LogP contribution in [0, 0.1) is 5.41 Å². The molecule has 0 rings (SSSR count). The molecule has 9 nitrogen and oxygen atoms in total. The summed E-state index contributed by atoms with van der Waals surface area (Å²) >= 11 is 0. The third-order valence-electron chi connectivity index (χ3n) is 1.14. The number of aliphatic carboxylic acids is 4. The molecule has 0 saturated heterocycles. The second-order valence-electron chi connectivity index (χ2n) is 3.05. The Morgan fingerprint density at radius 2 is 1.25 bits per heavy atom. The summed E-state index contributed by atoms with van der Waals surface area (Å²) < 4.78 is 0. The molecular formula is C11H17NO8. The molecule has 0 aromatic rings. The topological polar surface area (TPSA) is 173 Å². The summed E-state index contributed by atoms with van der Waals surface area (Å²) in [7, 11) is 0. The molecule has 114 valence electrons. The van der Waals surface area contributed by atoms with Gasteiger partial charge in [0.25, 0.3) is 0 Å². The maximum absolute atomic E-state index is 9.75. The molecule has 0 fully saturated rings. The highest BCUT2D eigenvalue weighted by atomic mass is 16.4. The van der Waals surface area contributed by atoms with E-state index in [2.05, 4.69) is 6.58 Å². The molecule has 0 heterocycles. The first-order valence-electron chi connectivity index (χ1n) is 5.11. The molecule has 0 saturated carbocycles. The standard InChI is InChI=1S/C4H5NO4.C4H6O4.C3H6/c5-2(4(8)9)1-3(6)7;5-3(6)1-2-4(7)8;1-3-2/h5H,1H2,(H,6,7)(H,8,9);1-2H2,(H,5,6)(H,7,8);3H,1H2,2H3.